The van der Waals surface area contributed by atoms with Gasteiger partial charge in [0.1, 0.15) is 0 Å². The molecule has 1 rings (SSSR count). The molecule has 1 atom stereocenters. The Morgan fingerprint density at radius 1 is 1.39 bits per heavy atom. The van der Waals surface area contributed by atoms with Gasteiger partial charge in [-0.15, -0.1) is 0 Å². The molecule has 0 aromatic heterocycles. The predicted molar refractivity (Wildman–Crippen MR) is 74.1 cm³/mol. The first-order valence-corrected chi connectivity index (χ1v) is 6.16. The number of nitrogen functional groups attached to an aromatic ring is 1. The summed E-state index contributed by atoms with van der Waals surface area (Å²) in [6, 6.07) is 2.88. The van der Waals surface area contributed by atoms with Crippen LogP contribution in [0.2, 0.25) is 10.0 Å². The molecule has 0 aliphatic rings. The number of aliphatic hydroxyl groups excluding tert-OH is 1. The molecule has 0 spiro atoms. The first kappa shape index (κ1) is 15.1. The standard InChI is InChI=1S/C12H16Cl2N2O2/c1-6(17)12(2,3)16-11(18)7-4-8(13)10(15)9(14)5-7/h4-6,17H,15H2,1-3H3,(H,16,18). The third kappa shape index (κ3) is 3.28. The summed E-state index contributed by atoms with van der Waals surface area (Å²) < 4.78 is 0. The van der Waals surface area contributed by atoms with E-state index in [4.69, 9.17) is 28.9 Å². The fourth-order valence-electron chi connectivity index (χ4n) is 1.18. The van der Waals surface area contributed by atoms with Gasteiger partial charge < -0.3 is 16.2 Å². The highest BCUT2D eigenvalue weighted by Crippen LogP contribution is 2.29. The van der Waals surface area contributed by atoms with Gasteiger partial charge >= 0.3 is 0 Å². The summed E-state index contributed by atoms with van der Waals surface area (Å²) in [7, 11) is 0. The van der Waals surface area contributed by atoms with Crippen molar-refractivity contribution in [1.29, 1.82) is 0 Å². The summed E-state index contributed by atoms with van der Waals surface area (Å²) in [6.07, 6.45) is -0.693. The monoisotopic (exact) mass is 290 g/mol. The van der Waals surface area contributed by atoms with E-state index in [2.05, 4.69) is 5.32 Å². The summed E-state index contributed by atoms with van der Waals surface area (Å²) in [4.78, 5) is 12.0. The van der Waals surface area contributed by atoms with Crippen LogP contribution in [0.25, 0.3) is 0 Å². The van der Waals surface area contributed by atoms with Crippen LogP contribution in [0, 0.1) is 0 Å². The zero-order valence-corrected chi connectivity index (χ0v) is 11.9. The van der Waals surface area contributed by atoms with E-state index in [-0.39, 0.29) is 21.6 Å². The molecule has 1 aromatic rings. The average molecular weight is 291 g/mol. The van der Waals surface area contributed by atoms with E-state index in [1.54, 1.807) is 20.8 Å². The Balaban J connectivity index is 2.99. The first-order valence-electron chi connectivity index (χ1n) is 5.40. The number of aliphatic hydroxyl groups is 1. The van der Waals surface area contributed by atoms with Crippen LogP contribution in [-0.2, 0) is 0 Å². The van der Waals surface area contributed by atoms with E-state index in [0.29, 0.717) is 5.56 Å². The molecule has 0 fully saturated rings. The van der Waals surface area contributed by atoms with Gasteiger partial charge in [-0.1, -0.05) is 23.2 Å². The summed E-state index contributed by atoms with van der Waals surface area (Å²) in [5.74, 6) is -0.371. The van der Waals surface area contributed by atoms with Crippen molar-refractivity contribution in [3.63, 3.8) is 0 Å². The fraction of sp³-hybridized carbons (Fsp3) is 0.417. The van der Waals surface area contributed by atoms with Gasteiger partial charge in [0.2, 0.25) is 0 Å². The van der Waals surface area contributed by atoms with Crippen molar-refractivity contribution >= 4 is 34.8 Å². The van der Waals surface area contributed by atoms with E-state index >= 15 is 0 Å². The van der Waals surface area contributed by atoms with Gasteiger partial charge in [0.05, 0.1) is 27.4 Å². The molecule has 0 aliphatic heterocycles. The number of amides is 1. The molecular formula is C12H16Cl2N2O2. The highest BCUT2D eigenvalue weighted by molar-refractivity contribution is 6.39. The van der Waals surface area contributed by atoms with E-state index in [1.807, 2.05) is 0 Å². The Labute approximate surface area is 116 Å². The van der Waals surface area contributed by atoms with Crippen molar-refractivity contribution in [2.24, 2.45) is 0 Å². The maximum atomic E-state index is 12.0. The molecule has 1 aromatic carbocycles. The van der Waals surface area contributed by atoms with Crippen LogP contribution in [0.1, 0.15) is 31.1 Å². The van der Waals surface area contributed by atoms with Crippen molar-refractivity contribution < 1.29 is 9.90 Å². The molecule has 1 amide bonds. The Morgan fingerprint density at radius 3 is 2.22 bits per heavy atom. The van der Waals surface area contributed by atoms with Crippen LogP contribution < -0.4 is 11.1 Å². The van der Waals surface area contributed by atoms with E-state index < -0.39 is 11.6 Å². The average Bonchev–Trinajstić information content (AvgIpc) is 2.24. The lowest BCUT2D eigenvalue weighted by atomic mass is 9.98. The lowest BCUT2D eigenvalue weighted by molar-refractivity contribution is 0.0709. The fourth-order valence-corrected chi connectivity index (χ4v) is 1.67. The van der Waals surface area contributed by atoms with Crippen LogP contribution in [0.15, 0.2) is 12.1 Å². The lowest BCUT2D eigenvalue weighted by Gasteiger charge is -2.29. The Bertz CT molecular complexity index is 450. The van der Waals surface area contributed by atoms with Crippen molar-refractivity contribution in [1.82, 2.24) is 5.32 Å². The zero-order chi connectivity index (χ0) is 14.1. The molecule has 100 valence electrons. The number of hydrogen-bond acceptors (Lipinski definition) is 3. The molecule has 4 nitrogen and oxygen atoms in total. The molecule has 0 radical (unpaired) electrons. The maximum absolute atomic E-state index is 12.0. The van der Waals surface area contributed by atoms with Crippen LogP contribution in [0.3, 0.4) is 0 Å². The normalized spacial score (nSPS) is 13.2. The van der Waals surface area contributed by atoms with Gasteiger partial charge in [-0.05, 0) is 32.9 Å². The maximum Gasteiger partial charge on any atom is 0.251 e. The smallest absolute Gasteiger partial charge is 0.251 e. The predicted octanol–water partition coefficient (Wildman–Crippen LogP) is 2.46. The minimum absolute atomic E-state index is 0.225. The van der Waals surface area contributed by atoms with Crippen molar-refractivity contribution in [3.8, 4) is 0 Å². The minimum atomic E-state index is -0.753. The molecular weight excluding hydrogens is 275 g/mol. The van der Waals surface area contributed by atoms with Gasteiger partial charge in [-0.3, -0.25) is 4.79 Å². The number of nitrogens with two attached hydrogens (primary N) is 1. The summed E-state index contributed by atoms with van der Waals surface area (Å²) in [5.41, 5.74) is 5.38. The number of halogens is 2. The molecule has 0 heterocycles. The van der Waals surface area contributed by atoms with E-state index in [1.165, 1.54) is 12.1 Å². The number of nitrogens with one attached hydrogen (secondary N) is 1. The van der Waals surface area contributed by atoms with E-state index in [9.17, 15) is 9.90 Å². The molecule has 4 N–H and O–H groups in total. The summed E-state index contributed by atoms with van der Waals surface area (Å²) in [5, 5.41) is 12.7. The number of anilines is 1. The number of carbonyl (C=O) groups excluding carboxylic acids is 1. The second-order valence-corrected chi connectivity index (χ2v) is 5.52. The molecule has 1 unspecified atom stereocenters. The number of rotatable bonds is 3. The molecule has 0 aliphatic carbocycles. The molecule has 0 saturated carbocycles. The highest BCUT2D eigenvalue weighted by atomic mass is 35.5. The van der Waals surface area contributed by atoms with Gasteiger partial charge in [0, 0.05) is 5.56 Å². The zero-order valence-electron chi connectivity index (χ0n) is 10.4. The van der Waals surface area contributed by atoms with Gasteiger partial charge in [-0.2, -0.15) is 0 Å². The molecule has 18 heavy (non-hydrogen) atoms. The SMILES string of the molecule is CC(O)C(C)(C)NC(=O)c1cc(Cl)c(N)c(Cl)c1. The Kier molecular flexibility index (Phi) is 4.48. The molecule has 0 bridgehead atoms. The first-order chi connectivity index (χ1) is 8.15. The Morgan fingerprint density at radius 2 is 1.83 bits per heavy atom. The van der Waals surface area contributed by atoms with Crippen LogP contribution >= 0.6 is 23.2 Å². The van der Waals surface area contributed by atoms with Crippen LogP contribution in [0.4, 0.5) is 5.69 Å². The minimum Gasteiger partial charge on any atom is -0.396 e. The van der Waals surface area contributed by atoms with Gasteiger partial charge in [0.25, 0.3) is 5.91 Å². The highest BCUT2D eigenvalue weighted by Gasteiger charge is 2.26. The van der Waals surface area contributed by atoms with Crippen molar-refractivity contribution in [2.45, 2.75) is 32.4 Å². The van der Waals surface area contributed by atoms with Gasteiger partial charge in [0.15, 0.2) is 0 Å². The second kappa shape index (κ2) is 5.34. The lowest BCUT2D eigenvalue weighted by Crippen LogP contribution is -2.50. The summed E-state index contributed by atoms with van der Waals surface area (Å²) in [6.45, 7) is 5.04. The largest absolute Gasteiger partial charge is 0.396 e. The number of hydrogen-bond donors (Lipinski definition) is 3. The third-order valence-corrected chi connectivity index (χ3v) is 3.45. The molecule has 0 saturated heterocycles. The van der Waals surface area contributed by atoms with Crippen molar-refractivity contribution in [2.75, 3.05) is 5.73 Å². The van der Waals surface area contributed by atoms with Crippen LogP contribution in [0.5, 0.6) is 0 Å². The van der Waals surface area contributed by atoms with E-state index in [0.717, 1.165) is 0 Å². The third-order valence-electron chi connectivity index (χ3n) is 2.82. The molecule has 6 heteroatoms. The Hall–Kier alpha value is -0.970. The van der Waals surface area contributed by atoms with Crippen LogP contribution in [-0.4, -0.2) is 22.7 Å². The number of benzene rings is 1. The second-order valence-electron chi connectivity index (χ2n) is 4.71. The van der Waals surface area contributed by atoms with Gasteiger partial charge in [-0.25, -0.2) is 0 Å². The summed E-state index contributed by atoms with van der Waals surface area (Å²) >= 11 is 11.7. The quantitative estimate of drug-likeness (QED) is 0.749. The van der Waals surface area contributed by atoms with Crippen molar-refractivity contribution in [3.05, 3.63) is 27.7 Å². The topological polar surface area (TPSA) is 75.3 Å². The number of carbonyl (C=O) groups is 1.